The van der Waals surface area contributed by atoms with Crippen molar-refractivity contribution in [2.45, 2.75) is 20.3 Å². The van der Waals surface area contributed by atoms with Gasteiger partial charge in [0, 0.05) is 29.9 Å². The first-order valence-corrected chi connectivity index (χ1v) is 9.56. The lowest BCUT2D eigenvalue weighted by molar-refractivity contribution is -0.131. The fourth-order valence-electron chi connectivity index (χ4n) is 3.29. The van der Waals surface area contributed by atoms with Crippen LogP contribution in [0.4, 0.5) is 5.69 Å². The molecule has 150 valence electrons. The van der Waals surface area contributed by atoms with Crippen LogP contribution in [-0.2, 0) is 16.0 Å². The Morgan fingerprint density at radius 1 is 1.00 bits per heavy atom. The molecule has 1 N–H and O–H groups in total. The van der Waals surface area contributed by atoms with Crippen LogP contribution in [0.5, 0.6) is 0 Å². The van der Waals surface area contributed by atoms with E-state index < -0.39 is 17.7 Å². The lowest BCUT2D eigenvalue weighted by Crippen LogP contribution is -2.46. The molecule has 1 aliphatic rings. The van der Waals surface area contributed by atoms with Gasteiger partial charge in [-0.2, -0.15) is 0 Å². The second kappa shape index (κ2) is 8.68. The van der Waals surface area contributed by atoms with Crippen molar-refractivity contribution >= 4 is 29.3 Å². The molecule has 0 spiro atoms. The topological polar surface area (TPSA) is 86.8 Å². The Morgan fingerprint density at radius 2 is 1.66 bits per heavy atom. The second-order valence-corrected chi connectivity index (χ2v) is 6.72. The summed E-state index contributed by atoms with van der Waals surface area (Å²) in [5.41, 5.74) is 2.14. The SMILES string of the molecule is CCN(CC)C(=O)c1ccc(NC(=O)CN2C(=O)Cc3ccccc3C2=O)cc1. The summed E-state index contributed by atoms with van der Waals surface area (Å²) < 4.78 is 0. The van der Waals surface area contributed by atoms with E-state index in [1.807, 2.05) is 13.8 Å². The van der Waals surface area contributed by atoms with Crippen molar-refractivity contribution in [1.82, 2.24) is 9.80 Å². The van der Waals surface area contributed by atoms with Crippen molar-refractivity contribution in [3.8, 4) is 0 Å². The van der Waals surface area contributed by atoms with E-state index in [4.69, 9.17) is 0 Å². The van der Waals surface area contributed by atoms with Crippen molar-refractivity contribution in [2.75, 3.05) is 25.0 Å². The highest BCUT2D eigenvalue weighted by molar-refractivity contribution is 6.12. The average Bonchev–Trinajstić information content (AvgIpc) is 2.72. The van der Waals surface area contributed by atoms with Crippen LogP contribution in [0.1, 0.15) is 40.1 Å². The highest BCUT2D eigenvalue weighted by atomic mass is 16.2. The minimum atomic E-state index is -0.478. The van der Waals surface area contributed by atoms with E-state index in [-0.39, 0.29) is 18.9 Å². The Bertz CT molecular complexity index is 949. The van der Waals surface area contributed by atoms with Crippen molar-refractivity contribution in [3.05, 3.63) is 65.2 Å². The van der Waals surface area contributed by atoms with Crippen LogP contribution < -0.4 is 5.32 Å². The van der Waals surface area contributed by atoms with E-state index in [9.17, 15) is 19.2 Å². The summed E-state index contributed by atoms with van der Waals surface area (Å²) in [6, 6.07) is 13.4. The Kier molecular flexibility index (Phi) is 6.07. The maximum atomic E-state index is 12.5. The highest BCUT2D eigenvalue weighted by Crippen LogP contribution is 2.19. The molecule has 0 bridgehead atoms. The van der Waals surface area contributed by atoms with Gasteiger partial charge in [0.05, 0.1) is 6.42 Å². The Labute approximate surface area is 169 Å². The molecule has 1 aliphatic heterocycles. The Balaban J connectivity index is 1.65. The number of nitrogens with zero attached hydrogens (tertiary/aromatic N) is 2. The molecule has 0 fully saturated rings. The zero-order valence-corrected chi connectivity index (χ0v) is 16.5. The van der Waals surface area contributed by atoms with Crippen LogP contribution >= 0.6 is 0 Å². The van der Waals surface area contributed by atoms with Crippen molar-refractivity contribution in [3.63, 3.8) is 0 Å². The van der Waals surface area contributed by atoms with E-state index in [0.717, 1.165) is 4.90 Å². The predicted molar refractivity (Wildman–Crippen MR) is 109 cm³/mol. The summed E-state index contributed by atoms with van der Waals surface area (Å²) in [6.45, 7) is 4.71. The summed E-state index contributed by atoms with van der Waals surface area (Å²) in [5.74, 6) is -1.42. The standard InChI is InChI=1S/C22H23N3O4/c1-3-24(4-2)21(28)15-9-11-17(12-10-15)23-19(26)14-25-20(27)13-16-7-5-6-8-18(16)22(25)29/h5-12H,3-4,13-14H2,1-2H3,(H,23,26). The molecule has 0 aromatic heterocycles. The number of rotatable bonds is 6. The molecule has 29 heavy (non-hydrogen) atoms. The lowest BCUT2D eigenvalue weighted by atomic mass is 9.98. The maximum Gasteiger partial charge on any atom is 0.261 e. The highest BCUT2D eigenvalue weighted by Gasteiger charge is 2.31. The van der Waals surface area contributed by atoms with Gasteiger partial charge < -0.3 is 10.2 Å². The number of benzene rings is 2. The smallest absolute Gasteiger partial charge is 0.261 e. The van der Waals surface area contributed by atoms with Crippen molar-refractivity contribution in [2.24, 2.45) is 0 Å². The first-order chi connectivity index (χ1) is 13.9. The van der Waals surface area contributed by atoms with E-state index in [2.05, 4.69) is 5.32 Å². The van der Waals surface area contributed by atoms with Crippen LogP contribution in [0.2, 0.25) is 0 Å². The number of nitrogens with one attached hydrogen (secondary N) is 1. The van der Waals surface area contributed by atoms with Gasteiger partial charge in [-0.05, 0) is 49.7 Å². The van der Waals surface area contributed by atoms with Crippen LogP contribution in [0.15, 0.2) is 48.5 Å². The molecule has 7 nitrogen and oxygen atoms in total. The monoisotopic (exact) mass is 393 g/mol. The van der Waals surface area contributed by atoms with Gasteiger partial charge in [0.1, 0.15) is 6.54 Å². The zero-order chi connectivity index (χ0) is 21.0. The van der Waals surface area contributed by atoms with Crippen molar-refractivity contribution in [1.29, 1.82) is 0 Å². The predicted octanol–water partition coefficient (Wildman–Crippen LogP) is 2.33. The largest absolute Gasteiger partial charge is 0.339 e. The van der Waals surface area contributed by atoms with Gasteiger partial charge in [0.25, 0.3) is 11.8 Å². The third kappa shape index (κ3) is 4.34. The number of carbonyl (C=O) groups is 4. The molecule has 3 rings (SSSR count). The first-order valence-electron chi connectivity index (χ1n) is 9.56. The Morgan fingerprint density at radius 3 is 2.31 bits per heavy atom. The van der Waals surface area contributed by atoms with Gasteiger partial charge in [0.15, 0.2) is 0 Å². The zero-order valence-electron chi connectivity index (χ0n) is 16.5. The van der Waals surface area contributed by atoms with Gasteiger partial charge in [0.2, 0.25) is 11.8 Å². The number of carbonyl (C=O) groups excluding carboxylic acids is 4. The summed E-state index contributed by atoms with van der Waals surface area (Å²) in [7, 11) is 0. The molecule has 0 saturated carbocycles. The number of hydrogen-bond acceptors (Lipinski definition) is 4. The summed E-state index contributed by atoms with van der Waals surface area (Å²) >= 11 is 0. The molecule has 0 saturated heterocycles. The quantitative estimate of drug-likeness (QED) is 0.763. The summed E-state index contributed by atoms with van der Waals surface area (Å²) in [5, 5.41) is 2.67. The Hall–Kier alpha value is -3.48. The van der Waals surface area contributed by atoms with Gasteiger partial charge in [-0.1, -0.05) is 18.2 Å². The number of fused-ring (bicyclic) bond motifs is 1. The molecule has 0 atom stereocenters. The molecule has 2 aromatic rings. The van der Waals surface area contributed by atoms with E-state index in [1.54, 1.807) is 53.4 Å². The van der Waals surface area contributed by atoms with Crippen LogP contribution in [0.25, 0.3) is 0 Å². The van der Waals surface area contributed by atoms with Crippen molar-refractivity contribution < 1.29 is 19.2 Å². The fourth-order valence-corrected chi connectivity index (χ4v) is 3.29. The number of imide groups is 1. The van der Waals surface area contributed by atoms with E-state index in [0.29, 0.717) is 35.5 Å². The molecular weight excluding hydrogens is 370 g/mol. The fraction of sp³-hybridized carbons (Fsp3) is 0.273. The molecule has 0 unspecified atom stereocenters. The number of hydrogen-bond donors (Lipinski definition) is 1. The maximum absolute atomic E-state index is 12.5. The second-order valence-electron chi connectivity index (χ2n) is 6.72. The van der Waals surface area contributed by atoms with Gasteiger partial charge in [-0.3, -0.25) is 24.1 Å². The average molecular weight is 393 g/mol. The van der Waals surface area contributed by atoms with Gasteiger partial charge >= 0.3 is 0 Å². The minimum Gasteiger partial charge on any atom is -0.339 e. The third-order valence-electron chi connectivity index (χ3n) is 4.90. The normalized spacial score (nSPS) is 13.1. The molecule has 0 radical (unpaired) electrons. The molecule has 4 amide bonds. The summed E-state index contributed by atoms with van der Waals surface area (Å²) in [6.07, 6.45) is 0.0946. The number of amides is 4. The summed E-state index contributed by atoms with van der Waals surface area (Å²) in [4.78, 5) is 52.2. The lowest BCUT2D eigenvalue weighted by Gasteiger charge is -2.26. The van der Waals surface area contributed by atoms with E-state index >= 15 is 0 Å². The molecule has 1 heterocycles. The number of anilines is 1. The minimum absolute atomic E-state index is 0.0731. The van der Waals surface area contributed by atoms with Crippen LogP contribution in [0.3, 0.4) is 0 Å². The van der Waals surface area contributed by atoms with Crippen LogP contribution in [-0.4, -0.2) is 53.1 Å². The molecule has 2 aromatic carbocycles. The van der Waals surface area contributed by atoms with Gasteiger partial charge in [-0.25, -0.2) is 0 Å². The molecule has 7 heteroatoms. The third-order valence-corrected chi connectivity index (χ3v) is 4.90. The molecule has 0 aliphatic carbocycles. The van der Waals surface area contributed by atoms with E-state index in [1.165, 1.54) is 0 Å². The van der Waals surface area contributed by atoms with Crippen LogP contribution in [0, 0.1) is 0 Å². The first kappa shape index (κ1) is 20.3. The van der Waals surface area contributed by atoms with Gasteiger partial charge in [-0.15, -0.1) is 0 Å². The molecular formula is C22H23N3O4.